The summed E-state index contributed by atoms with van der Waals surface area (Å²) in [7, 11) is 0. The summed E-state index contributed by atoms with van der Waals surface area (Å²) >= 11 is 0. The summed E-state index contributed by atoms with van der Waals surface area (Å²) in [5, 5.41) is 18.4. The van der Waals surface area contributed by atoms with Gasteiger partial charge in [-0.05, 0) is 30.7 Å². The molecule has 3 aromatic rings. The van der Waals surface area contributed by atoms with Crippen molar-refractivity contribution >= 4 is 5.82 Å². The van der Waals surface area contributed by atoms with Crippen LogP contribution in [-0.2, 0) is 0 Å². The van der Waals surface area contributed by atoms with E-state index in [9.17, 15) is 5.26 Å². The first kappa shape index (κ1) is 15.3. The van der Waals surface area contributed by atoms with E-state index in [0.717, 1.165) is 22.3 Å². The van der Waals surface area contributed by atoms with Crippen molar-refractivity contribution in [1.29, 1.82) is 10.5 Å². The van der Waals surface area contributed by atoms with Gasteiger partial charge < -0.3 is 5.73 Å². The molecule has 4 nitrogen and oxygen atoms in total. The lowest BCUT2D eigenvalue weighted by Gasteiger charge is -2.11. The number of nitriles is 2. The maximum absolute atomic E-state index is 9.45. The maximum atomic E-state index is 9.45. The smallest absolute Gasteiger partial charge is 0.142 e. The Bertz CT molecular complexity index is 990. The number of aromatic nitrogens is 1. The van der Waals surface area contributed by atoms with Crippen LogP contribution < -0.4 is 5.73 Å². The zero-order chi connectivity index (χ0) is 17.1. The molecule has 0 aliphatic rings. The molecule has 0 bridgehead atoms. The van der Waals surface area contributed by atoms with Crippen LogP contribution in [0.3, 0.4) is 0 Å². The molecule has 0 spiro atoms. The lowest BCUT2D eigenvalue weighted by molar-refractivity contribution is 1.30. The number of hydrogen-bond donors (Lipinski definition) is 1. The second-order valence-electron chi connectivity index (χ2n) is 5.49. The van der Waals surface area contributed by atoms with Crippen molar-refractivity contribution in [2.45, 2.75) is 6.92 Å². The zero-order valence-electron chi connectivity index (χ0n) is 13.1. The maximum Gasteiger partial charge on any atom is 0.142 e. The SMILES string of the molecule is Cc1cccc(-c2cc(-c3ccc(C#N)cc3)nc(N)c2C#N)c1. The molecule has 0 aliphatic carbocycles. The highest BCUT2D eigenvalue weighted by atomic mass is 14.8. The Morgan fingerprint density at radius 1 is 0.917 bits per heavy atom. The van der Waals surface area contributed by atoms with Crippen molar-refractivity contribution in [2.75, 3.05) is 5.73 Å². The zero-order valence-corrected chi connectivity index (χ0v) is 13.1. The highest BCUT2D eigenvalue weighted by Crippen LogP contribution is 2.31. The van der Waals surface area contributed by atoms with Crippen LogP contribution >= 0.6 is 0 Å². The summed E-state index contributed by atoms with van der Waals surface area (Å²) in [5.74, 6) is 0.205. The summed E-state index contributed by atoms with van der Waals surface area (Å²) in [6, 6.07) is 21.1. The molecule has 4 heteroatoms. The van der Waals surface area contributed by atoms with Crippen LogP contribution in [0.15, 0.2) is 54.6 Å². The minimum Gasteiger partial charge on any atom is -0.383 e. The van der Waals surface area contributed by atoms with Crippen LogP contribution in [0.1, 0.15) is 16.7 Å². The van der Waals surface area contributed by atoms with Gasteiger partial charge in [-0.1, -0.05) is 42.0 Å². The van der Waals surface area contributed by atoms with Gasteiger partial charge in [0.15, 0.2) is 0 Å². The molecule has 0 radical (unpaired) electrons. The lowest BCUT2D eigenvalue weighted by Crippen LogP contribution is -2.00. The summed E-state index contributed by atoms with van der Waals surface area (Å²) in [6.45, 7) is 2.00. The second kappa shape index (κ2) is 6.24. The van der Waals surface area contributed by atoms with Crippen LogP contribution in [0.25, 0.3) is 22.4 Å². The van der Waals surface area contributed by atoms with E-state index in [0.29, 0.717) is 16.8 Å². The van der Waals surface area contributed by atoms with E-state index < -0.39 is 0 Å². The van der Waals surface area contributed by atoms with Crippen molar-refractivity contribution in [1.82, 2.24) is 4.98 Å². The van der Waals surface area contributed by atoms with Crippen LogP contribution in [0, 0.1) is 29.6 Å². The third kappa shape index (κ3) is 2.82. The molecule has 0 saturated heterocycles. The molecule has 0 aliphatic heterocycles. The fourth-order valence-corrected chi connectivity index (χ4v) is 2.59. The molecule has 0 fully saturated rings. The number of nitrogens with zero attached hydrogens (tertiary/aromatic N) is 3. The van der Waals surface area contributed by atoms with Gasteiger partial charge in [-0.3, -0.25) is 0 Å². The summed E-state index contributed by atoms with van der Waals surface area (Å²) in [4.78, 5) is 4.35. The molecule has 114 valence electrons. The topological polar surface area (TPSA) is 86.5 Å². The number of nitrogen functional groups attached to an aromatic ring is 1. The Labute approximate surface area is 140 Å². The minimum absolute atomic E-state index is 0.205. The van der Waals surface area contributed by atoms with E-state index in [4.69, 9.17) is 11.0 Å². The number of rotatable bonds is 2. The predicted molar refractivity (Wildman–Crippen MR) is 93.7 cm³/mol. The van der Waals surface area contributed by atoms with Gasteiger partial charge in [-0.2, -0.15) is 10.5 Å². The van der Waals surface area contributed by atoms with E-state index in [-0.39, 0.29) is 5.82 Å². The summed E-state index contributed by atoms with van der Waals surface area (Å²) < 4.78 is 0. The summed E-state index contributed by atoms with van der Waals surface area (Å²) in [6.07, 6.45) is 0. The van der Waals surface area contributed by atoms with Crippen LogP contribution in [0.5, 0.6) is 0 Å². The molecule has 0 amide bonds. The van der Waals surface area contributed by atoms with Gasteiger partial charge in [0.25, 0.3) is 0 Å². The van der Waals surface area contributed by atoms with Crippen molar-refractivity contribution < 1.29 is 0 Å². The second-order valence-corrected chi connectivity index (χ2v) is 5.49. The Hall–Kier alpha value is -3.63. The largest absolute Gasteiger partial charge is 0.383 e. The van der Waals surface area contributed by atoms with Crippen LogP contribution in [0.2, 0.25) is 0 Å². The molecule has 2 N–H and O–H groups in total. The predicted octanol–water partition coefficient (Wildman–Crippen LogP) is 4.05. The quantitative estimate of drug-likeness (QED) is 0.773. The Morgan fingerprint density at radius 2 is 1.67 bits per heavy atom. The van der Waals surface area contributed by atoms with Gasteiger partial charge in [-0.15, -0.1) is 0 Å². The lowest BCUT2D eigenvalue weighted by atomic mass is 9.97. The van der Waals surface area contributed by atoms with E-state index in [2.05, 4.69) is 17.1 Å². The van der Waals surface area contributed by atoms with Crippen molar-refractivity contribution in [2.24, 2.45) is 0 Å². The fourth-order valence-electron chi connectivity index (χ4n) is 2.59. The van der Waals surface area contributed by atoms with Crippen LogP contribution in [-0.4, -0.2) is 4.98 Å². The van der Waals surface area contributed by atoms with Crippen molar-refractivity contribution in [3.8, 4) is 34.5 Å². The van der Waals surface area contributed by atoms with E-state index in [1.165, 1.54) is 0 Å². The van der Waals surface area contributed by atoms with Gasteiger partial charge in [0, 0.05) is 11.1 Å². The number of pyridine rings is 1. The van der Waals surface area contributed by atoms with Gasteiger partial charge in [0.1, 0.15) is 17.5 Å². The minimum atomic E-state index is 0.205. The van der Waals surface area contributed by atoms with Gasteiger partial charge in [0.2, 0.25) is 0 Å². The Kier molecular flexibility index (Phi) is 3.97. The highest BCUT2D eigenvalue weighted by molar-refractivity contribution is 5.80. The monoisotopic (exact) mass is 310 g/mol. The molecular weight excluding hydrogens is 296 g/mol. The summed E-state index contributed by atoms with van der Waals surface area (Å²) in [5.41, 5.74) is 11.3. The van der Waals surface area contributed by atoms with Gasteiger partial charge in [0.05, 0.1) is 17.3 Å². The molecule has 1 heterocycles. The van der Waals surface area contributed by atoms with E-state index >= 15 is 0 Å². The average molecular weight is 310 g/mol. The van der Waals surface area contributed by atoms with Gasteiger partial charge in [-0.25, -0.2) is 4.98 Å². The molecule has 0 atom stereocenters. The first-order valence-corrected chi connectivity index (χ1v) is 7.40. The third-order valence-corrected chi connectivity index (χ3v) is 3.80. The number of anilines is 1. The number of hydrogen-bond acceptors (Lipinski definition) is 4. The normalized spacial score (nSPS) is 9.96. The molecule has 2 aromatic carbocycles. The van der Waals surface area contributed by atoms with Crippen LogP contribution in [0.4, 0.5) is 5.82 Å². The number of benzene rings is 2. The first-order valence-electron chi connectivity index (χ1n) is 7.40. The number of nitrogens with two attached hydrogens (primary N) is 1. The highest BCUT2D eigenvalue weighted by Gasteiger charge is 2.13. The molecular formula is C20H14N4. The molecule has 1 aromatic heterocycles. The van der Waals surface area contributed by atoms with Crippen molar-refractivity contribution in [3.05, 3.63) is 71.3 Å². The number of aryl methyl sites for hydroxylation is 1. The third-order valence-electron chi connectivity index (χ3n) is 3.80. The van der Waals surface area contributed by atoms with Gasteiger partial charge >= 0.3 is 0 Å². The van der Waals surface area contributed by atoms with Crippen molar-refractivity contribution in [3.63, 3.8) is 0 Å². The fraction of sp³-hybridized carbons (Fsp3) is 0.0500. The molecule has 3 rings (SSSR count). The average Bonchev–Trinajstić information content (AvgIpc) is 2.61. The Balaban J connectivity index is 2.20. The van der Waals surface area contributed by atoms with E-state index in [1.54, 1.807) is 12.1 Å². The molecule has 0 unspecified atom stereocenters. The molecule has 0 saturated carbocycles. The first-order chi connectivity index (χ1) is 11.6. The van der Waals surface area contributed by atoms with E-state index in [1.807, 2.05) is 49.4 Å². The Morgan fingerprint density at radius 3 is 2.29 bits per heavy atom. The molecule has 24 heavy (non-hydrogen) atoms. The standard InChI is InChI=1S/C20H14N4/c1-13-3-2-4-16(9-13)17-10-19(24-20(23)18(17)12-22)15-7-5-14(11-21)6-8-15/h2-10H,1H3,(H2,23,24).